The Labute approximate surface area is 259 Å². The first-order valence-corrected chi connectivity index (χ1v) is 15.1. The number of nitrogen functional groups attached to an aromatic ring is 1. The molecule has 3 aromatic carbocycles. The second-order valence-corrected chi connectivity index (χ2v) is 11.5. The highest BCUT2D eigenvalue weighted by molar-refractivity contribution is 5.99. The van der Waals surface area contributed by atoms with Gasteiger partial charge in [0.1, 0.15) is 41.2 Å². The van der Waals surface area contributed by atoms with Gasteiger partial charge >= 0.3 is 5.63 Å². The highest BCUT2D eigenvalue weighted by atomic mass is 19.1. The molecule has 7 rings (SSSR count). The minimum atomic E-state index is -0.604. The van der Waals surface area contributed by atoms with Crippen LogP contribution in [-0.2, 0) is 6.42 Å². The fourth-order valence-corrected chi connectivity index (χ4v) is 6.34. The lowest BCUT2D eigenvalue weighted by atomic mass is 9.95. The summed E-state index contributed by atoms with van der Waals surface area (Å²) in [5, 5.41) is 6.61. The first-order chi connectivity index (χ1) is 21.9. The summed E-state index contributed by atoms with van der Waals surface area (Å²) in [5.74, 6) is 0.472. The quantitative estimate of drug-likeness (QED) is 0.217. The maximum Gasteiger partial charge on any atom is 0.343 e. The number of hydrogen-bond donors (Lipinski definition) is 1. The van der Waals surface area contributed by atoms with E-state index in [4.69, 9.17) is 20.0 Å². The molecule has 0 radical (unpaired) electrons. The Hall–Kier alpha value is -5.09. The number of rotatable bonds is 8. The Morgan fingerprint density at radius 1 is 1.00 bits per heavy atom. The van der Waals surface area contributed by atoms with Crippen LogP contribution in [0.3, 0.4) is 0 Å². The van der Waals surface area contributed by atoms with Crippen molar-refractivity contribution in [1.82, 2.24) is 24.6 Å². The Morgan fingerprint density at radius 2 is 1.76 bits per heavy atom. The number of nitrogens with zero attached hydrogens (tertiary/aromatic N) is 5. The molecule has 0 spiro atoms. The van der Waals surface area contributed by atoms with E-state index in [0.717, 1.165) is 29.5 Å². The molecule has 0 bridgehead atoms. The van der Waals surface area contributed by atoms with Crippen LogP contribution in [0.4, 0.5) is 10.2 Å². The van der Waals surface area contributed by atoms with Gasteiger partial charge < -0.3 is 19.8 Å². The van der Waals surface area contributed by atoms with Crippen molar-refractivity contribution in [3.8, 4) is 28.1 Å². The predicted molar refractivity (Wildman–Crippen MR) is 173 cm³/mol. The van der Waals surface area contributed by atoms with Gasteiger partial charge in [-0.3, -0.25) is 0 Å². The van der Waals surface area contributed by atoms with E-state index in [9.17, 15) is 9.18 Å². The van der Waals surface area contributed by atoms with E-state index < -0.39 is 17.5 Å². The predicted octanol–water partition coefficient (Wildman–Crippen LogP) is 6.24. The SMILES string of the molecule is COc1cc(F)cc(-c2nn(C(C)c3oc(=O)c4ccccc4c3-c3ccc(CCN4CCCC4)cc3)c3ncnc(N)c23)c1. The number of halogens is 1. The van der Waals surface area contributed by atoms with Gasteiger partial charge in [0.25, 0.3) is 0 Å². The third kappa shape index (κ3) is 5.31. The normalized spacial score (nSPS) is 14.4. The van der Waals surface area contributed by atoms with Crippen molar-refractivity contribution >= 4 is 27.6 Å². The number of fused-ring (bicyclic) bond motifs is 2. The van der Waals surface area contributed by atoms with Gasteiger partial charge in [0.2, 0.25) is 0 Å². The van der Waals surface area contributed by atoms with Gasteiger partial charge in [-0.15, -0.1) is 0 Å². The summed E-state index contributed by atoms with van der Waals surface area (Å²) < 4.78 is 27.7. The van der Waals surface area contributed by atoms with Crippen molar-refractivity contribution in [2.45, 2.75) is 32.2 Å². The molecular formula is C35H33FN6O3. The molecule has 6 aromatic rings. The van der Waals surface area contributed by atoms with Gasteiger partial charge in [0.05, 0.1) is 17.9 Å². The number of anilines is 1. The fourth-order valence-electron chi connectivity index (χ4n) is 6.34. The second kappa shape index (κ2) is 11.8. The molecule has 1 aliphatic rings. The van der Waals surface area contributed by atoms with Crippen molar-refractivity contribution in [2.75, 3.05) is 32.5 Å². The first-order valence-electron chi connectivity index (χ1n) is 15.1. The molecule has 0 amide bonds. The Kier molecular flexibility index (Phi) is 7.50. The number of methoxy groups -OCH3 is 1. The van der Waals surface area contributed by atoms with E-state index >= 15 is 0 Å². The van der Waals surface area contributed by atoms with E-state index in [1.165, 1.54) is 57.1 Å². The average molecular weight is 605 g/mol. The summed E-state index contributed by atoms with van der Waals surface area (Å²) >= 11 is 0. The molecule has 10 heteroatoms. The van der Waals surface area contributed by atoms with Crippen molar-refractivity contribution in [2.24, 2.45) is 0 Å². The average Bonchev–Trinajstić information content (AvgIpc) is 3.73. The lowest BCUT2D eigenvalue weighted by molar-refractivity contribution is 0.343. The molecule has 0 aliphatic carbocycles. The summed E-state index contributed by atoms with van der Waals surface area (Å²) in [7, 11) is 1.47. The van der Waals surface area contributed by atoms with E-state index in [0.29, 0.717) is 39.2 Å². The van der Waals surface area contributed by atoms with Crippen LogP contribution in [0.5, 0.6) is 5.75 Å². The molecular weight excluding hydrogens is 571 g/mol. The maximum atomic E-state index is 14.6. The Morgan fingerprint density at radius 3 is 2.51 bits per heavy atom. The lowest BCUT2D eigenvalue weighted by Crippen LogP contribution is -2.21. The van der Waals surface area contributed by atoms with Gasteiger partial charge in [-0.05, 0) is 68.6 Å². The molecule has 1 saturated heterocycles. The second-order valence-electron chi connectivity index (χ2n) is 11.5. The minimum Gasteiger partial charge on any atom is -0.497 e. The fraction of sp³-hybridized carbons (Fsp3) is 0.257. The zero-order chi connectivity index (χ0) is 31.1. The van der Waals surface area contributed by atoms with Gasteiger partial charge in [-0.25, -0.2) is 23.8 Å². The lowest BCUT2D eigenvalue weighted by Gasteiger charge is -2.18. The van der Waals surface area contributed by atoms with Gasteiger partial charge in [-0.2, -0.15) is 5.10 Å². The molecule has 45 heavy (non-hydrogen) atoms. The zero-order valence-corrected chi connectivity index (χ0v) is 25.2. The summed E-state index contributed by atoms with van der Waals surface area (Å²) in [6, 6.07) is 19.6. The molecule has 1 unspecified atom stereocenters. The van der Waals surface area contributed by atoms with E-state index in [1.807, 2.05) is 25.1 Å². The largest absolute Gasteiger partial charge is 0.497 e. The van der Waals surface area contributed by atoms with Gasteiger partial charge in [0, 0.05) is 29.1 Å². The minimum absolute atomic E-state index is 0.196. The van der Waals surface area contributed by atoms with Crippen molar-refractivity contribution in [1.29, 1.82) is 0 Å². The van der Waals surface area contributed by atoms with Crippen molar-refractivity contribution in [3.63, 3.8) is 0 Å². The molecule has 1 atom stereocenters. The molecule has 1 aliphatic heterocycles. The van der Waals surface area contributed by atoms with Crippen LogP contribution in [0, 0.1) is 5.82 Å². The van der Waals surface area contributed by atoms with E-state index in [-0.39, 0.29) is 5.82 Å². The van der Waals surface area contributed by atoms with Gasteiger partial charge in [-0.1, -0.05) is 42.5 Å². The molecule has 9 nitrogen and oxygen atoms in total. The number of benzene rings is 3. The summed E-state index contributed by atoms with van der Waals surface area (Å²) in [4.78, 5) is 24.5. The van der Waals surface area contributed by atoms with Crippen LogP contribution in [-0.4, -0.2) is 51.4 Å². The van der Waals surface area contributed by atoms with E-state index in [2.05, 4.69) is 39.1 Å². The number of ether oxygens (including phenoxy) is 1. The standard InChI is InChI=1S/C35H33FN6O3/c1-21(42-34-30(33(37)38-20-39-34)31(40-42)24-17-25(36)19-26(18-24)44-2)32-29(27-7-3-4-8-28(27)35(43)45-32)23-11-9-22(10-12-23)13-16-41-14-5-6-15-41/h3-4,7-12,17-21H,5-6,13-16H2,1-2H3,(H2,37,38,39). The third-order valence-electron chi connectivity index (χ3n) is 8.67. The molecule has 1 fully saturated rings. The highest BCUT2D eigenvalue weighted by Crippen LogP contribution is 2.39. The van der Waals surface area contributed by atoms with Crippen LogP contribution in [0.15, 0.2) is 82.3 Å². The molecule has 228 valence electrons. The molecule has 2 N–H and O–H groups in total. The van der Waals surface area contributed by atoms with Crippen molar-refractivity contribution in [3.05, 3.63) is 101 Å². The smallest absolute Gasteiger partial charge is 0.343 e. The Balaban J connectivity index is 1.37. The number of aromatic nitrogens is 4. The summed E-state index contributed by atoms with van der Waals surface area (Å²) in [6.07, 6.45) is 4.88. The Bertz CT molecular complexity index is 2080. The molecule has 3 aromatic heterocycles. The van der Waals surface area contributed by atoms with E-state index in [1.54, 1.807) is 16.8 Å². The summed E-state index contributed by atoms with van der Waals surface area (Å²) in [5.41, 5.74) is 10.1. The number of likely N-dealkylation sites (tertiary alicyclic amines) is 1. The zero-order valence-electron chi connectivity index (χ0n) is 25.2. The van der Waals surface area contributed by atoms with Crippen LogP contribution >= 0.6 is 0 Å². The first kappa shape index (κ1) is 28.7. The van der Waals surface area contributed by atoms with Crippen LogP contribution in [0.1, 0.15) is 37.1 Å². The molecule has 0 saturated carbocycles. The number of nitrogens with two attached hydrogens (primary N) is 1. The van der Waals surface area contributed by atoms with Crippen LogP contribution in [0.25, 0.3) is 44.2 Å². The third-order valence-corrected chi connectivity index (χ3v) is 8.67. The highest BCUT2D eigenvalue weighted by Gasteiger charge is 2.27. The maximum absolute atomic E-state index is 14.6. The summed E-state index contributed by atoms with van der Waals surface area (Å²) in [6.45, 7) is 5.27. The van der Waals surface area contributed by atoms with Crippen molar-refractivity contribution < 1.29 is 13.5 Å². The van der Waals surface area contributed by atoms with Crippen LogP contribution < -0.4 is 16.1 Å². The monoisotopic (exact) mass is 604 g/mol. The molecule has 4 heterocycles. The van der Waals surface area contributed by atoms with Crippen LogP contribution in [0.2, 0.25) is 0 Å². The van der Waals surface area contributed by atoms with Gasteiger partial charge in [0.15, 0.2) is 5.65 Å². The number of hydrogen-bond acceptors (Lipinski definition) is 8. The topological polar surface area (TPSA) is 112 Å².